The normalized spacial score (nSPS) is 19.0. The summed E-state index contributed by atoms with van der Waals surface area (Å²) in [5, 5.41) is 23.4. The Kier molecular flexibility index (Phi) is 5.96. The molecule has 0 spiro atoms. The molecule has 0 aliphatic carbocycles. The Morgan fingerprint density at radius 3 is 2.64 bits per heavy atom. The van der Waals surface area contributed by atoms with Gasteiger partial charge in [0.25, 0.3) is 0 Å². The first kappa shape index (κ1) is 19.4. The van der Waals surface area contributed by atoms with E-state index >= 15 is 0 Å². The minimum Gasteiger partial charge on any atom is -0.496 e. The van der Waals surface area contributed by atoms with E-state index in [1.807, 2.05) is 10.7 Å². The van der Waals surface area contributed by atoms with Gasteiger partial charge in [0.15, 0.2) is 0 Å². The summed E-state index contributed by atoms with van der Waals surface area (Å²) in [7, 11) is 1.74. The van der Waals surface area contributed by atoms with Crippen molar-refractivity contribution in [2.24, 2.45) is 0 Å². The molecule has 4 rings (SSSR count). The number of fused-ring (bicyclic) bond motifs is 1. The molecule has 2 aromatic rings. The SMILES string of the molecule is COc1ccc(CN2CCn3nc([C@@H](O)CO)cc3C2)cc1CN1CCCC1. The zero-order chi connectivity index (χ0) is 19.5. The molecule has 7 nitrogen and oxygen atoms in total. The van der Waals surface area contributed by atoms with Crippen LogP contribution in [0, 0.1) is 0 Å². The average molecular weight is 386 g/mol. The van der Waals surface area contributed by atoms with Crippen LogP contribution in [-0.4, -0.2) is 63.1 Å². The molecule has 28 heavy (non-hydrogen) atoms. The van der Waals surface area contributed by atoms with Crippen LogP contribution in [-0.2, 0) is 26.2 Å². The number of aromatic nitrogens is 2. The molecule has 1 saturated heterocycles. The van der Waals surface area contributed by atoms with Crippen LogP contribution < -0.4 is 4.74 Å². The molecule has 0 radical (unpaired) electrons. The number of rotatable bonds is 7. The van der Waals surface area contributed by atoms with E-state index in [9.17, 15) is 5.11 Å². The standard InChI is InChI=1S/C21H30N4O3/c1-28-21-5-4-16(10-17(21)13-23-6-2-3-7-23)12-24-8-9-25-18(14-24)11-19(22-25)20(27)15-26/h4-5,10-11,20,26-27H,2-3,6-9,12-15H2,1H3/t20-/m0/s1. The van der Waals surface area contributed by atoms with Gasteiger partial charge in [-0.3, -0.25) is 14.5 Å². The van der Waals surface area contributed by atoms with Gasteiger partial charge in [0, 0.05) is 31.7 Å². The van der Waals surface area contributed by atoms with E-state index in [4.69, 9.17) is 9.84 Å². The summed E-state index contributed by atoms with van der Waals surface area (Å²) in [5.74, 6) is 0.968. The maximum absolute atomic E-state index is 9.82. The van der Waals surface area contributed by atoms with Crippen LogP contribution in [0.4, 0.5) is 0 Å². The van der Waals surface area contributed by atoms with Crippen molar-refractivity contribution in [3.63, 3.8) is 0 Å². The number of methoxy groups -OCH3 is 1. The molecule has 1 aromatic heterocycles. The van der Waals surface area contributed by atoms with Crippen molar-refractivity contribution in [1.29, 1.82) is 0 Å². The Balaban J connectivity index is 1.44. The van der Waals surface area contributed by atoms with E-state index in [-0.39, 0.29) is 6.61 Å². The van der Waals surface area contributed by atoms with Crippen LogP contribution in [0.25, 0.3) is 0 Å². The fourth-order valence-electron chi connectivity index (χ4n) is 4.23. The lowest BCUT2D eigenvalue weighted by molar-refractivity contribution is 0.0915. The van der Waals surface area contributed by atoms with Gasteiger partial charge >= 0.3 is 0 Å². The maximum atomic E-state index is 9.82. The number of benzene rings is 1. The van der Waals surface area contributed by atoms with Gasteiger partial charge in [-0.2, -0.15) is 5.10 Å². The highest BCUT2D eigenvalue weighted by atomic mass is 16.5. The molecule has 0 amide bonds. The number of hydrogen-bond donors (Lipinski definition) is 2. The zero-order valence-corrected chi connectivity index (χ0v) is 16.5. The Labute approximate surface area is 166 Å². The summed E-state index contributed by atoms with van der Waals surface area (Å²) in [6.07, 6.45) is 1.67. The topological polar surface area (TPSA) is 74.0 Å². The molecular formula is C21H30N4O3. The summed E-state index contributed by atoms with van der Waals surface area (Å²) in [6.45, 7) is 6.37. The number of hydrogen-bond acceptors (Lipinski definition) is 6. The lowest BCUT2D eigenvalue weighted by Crippen LogP contribution is -2.33. The van der Waals surface area contributed by atoms with Gasteiger partial charge in [0.2, 0.25) is 0 Å². The van der Waals surface area contributed by atoms with Gasteiger partial charge in [-0.15, -0.1) is 0 Å². The predicted octanol–water partition coefficient (Wildman–Crippen LogP) is 1.53. The van der Waals surface area contributed by atoms with E-state index in [0.29, 0.717) is 5.69 Å². The summed E-state index contributed by atoms with van der Waals surface area (Å²) < 4.78 is 7.53. The molecule has 2 aliphatic heterocycles. The Bertz CT molecular complexity index is 801. The van der Waals surface area contributed by atoms with E-state index in [1.54, 1.807) is 7.11 Å². The smallest absolute Gasteiger partial charge is 0.123 e. The molecule has 1 atom stereocenters. The van der Waals surface area contributed by atoms with Crippen LogP contribution >= 0.6 is 0 Å². The van der Waals surface area contributed by atoms with Crippen molar-refractivity contribution in [2.75, 3.05) is 33.4 Å². The van der Waals surface area contributed by atoms with E-state index < -0.39 is 6.10 Å². The molecule has 152 valence electrons. The lowest BCUT2D eigenvalue weighted by atomic mass is 10.1. The molecule has 2 N–H and O–H groups in total. The molecule has 0 saturated carbocycles. The molecule has 1 fully saturated rings. The third-order valence-corrected chi connectivity index (χ3v) is 5.75. The number of likely N-dealkylation sites (tertiary alicyclic amines) is 1. The van der Waals surface area contributed by atoms with Crippen LogP contribution in [0.2, 0.25) is 0 Å². The van der Waals surface area contributed by atoms with Gasteiger partial charge < -0.3 is 14.9 Å². The van der Waals surface area contributed by atoms with Gasteiger partial charge in [-0.25, -0.2) is 0 Å². The number of nitrogens with zero attached hydrogens (tertiary/aromatic N) is 4. The largest absolute Gasteiger partial charge is 0.496 e. The number of aliphatic hydroxyl groups excluding tert-OH is 2. The third-order valence-electron chi connectivity index (χ3n) is 5.75. The van der Waals surface area contributed by atoms with Crippen molar-refractivity contribution in [3.8, 4) is 5.75 Å². The van der Waals surface area contributed by atoms with Crippen LogP contribution in [0.1, 0.15) is 41.5 Å². The van der Waals surface area contributed by atoms with Gasteiger partial charge in [-0.1, -0.05) is 6.07 Å². The average Bonchev–Trinajstić information content (AvgIpc) is 3.37. The quantitative estimate of drug-likeness (QED) is 0.752. The summed E-state index contributed by atoms with van der Waals surface area (Å²) in [6, 6.07) is 8.42. The van der Waals surface area contributed by atoms with Gasteiger partial charge in [-0.05, 0) is 49.7 Å². The molecular weight excluding hydrogens is 356 g/mol. The fraction of sp³-hybridized carbons (Fsp3) is 0.571. The third kappa shape index (κ3) is 4.22. The van der Waals surface area contributed by atoms with Crippen molar-refractivity contribution < 1.29 is 14.9 Å². The second kappa shape index (κ2) is 8.61. The van der Waals surface area contributed by atoms with E-state index in [1.165, 1.54) is 37.1 Å². The molecule has 7 heteroatoms. The Hall–Kier alpha value is -1.93. The van der Waals surface area contributed by atoms with Crippen LogP contribution in [0.15, 0.2) is 24.3 Å². The highest BCUT2D eigenvalue weighted by Gasteiger charge is 2.21. The summed E-state index contributed by atoms with van der Waals surface area (Å²) in [4.78, 5) is 4.89. The van der Waals surface area contributed by atoms with Crippen molar-refractivity contribution in [1.82, 2.24) is 19.6 Å². The first-order valence-electron chi connectivity index (χ1n) is 10.1. The maximum Gasteiger partial charge on any atom is 0.123 e. The van der Waals surface area contributed by atoms with Gasteiger partial charge in [0.05, 0.1) is 31.6 Å². The first-order valence-corrected chi connectivity index (χ1v) is 10.1. The van der Waals surface area contributed by atoms with E-state index in [2.05, 4.69) is 33.1 Å². The fourth-order valence-corrected chi connectivity index (χ4v) is 4.23. The molecule has 3 heterocycles. The van der Waals surface area contributed by atoms with Crippen LogP contribution in [0.3, 0.4) is 0 Å². The molecule has 2 aliphatic rings. The monoisotopic (exact) mass is 386 g/mol. The first-order chi connectivity index (χ1) is 13.7. The number of aliphatic hydroxyl groups is 2. The molecule has 1 aromatic carbocycles. The van der Waals surface area contributed by atoms with Crippen molar-refractivity contribution in [3.05, 3.63) is 46.8 Å². The Morgan fingerprint density at radius 1 is 1.07 bits per heavy atom. The van der Waals surface area contributed by atoms with Crippen molar-refractivity contribution in [2.45, 2.75) is 45.1 Å². The second-order valence-electron chi connectivity index (χ2n) is 7.82. The number of ether oxygens (including phenoxy) is 1. The van der Waals surface area contributed by atoms with Gasteiger partial charge in [0.1, 0.15) is 11.9 Å². The summed E-state index contributed by atoms with van der Waals surface area (Å²) >= 11 is 0. The molecule has 0 bridgehead atoms. The zero-order valence-electron chi connectivity index (χ0n) is 16.5. The van der Waals surface area contributed by atoms with Crippen LogP contribution in [0.5, 0.6) is 5.75 Å². The highest BCUT2D eigenvalue weighted by molar-refractivity contribution is 5.37. The summed E-state index contributed by atoms with van der Waals surface area (Å²) in [5.41, 5.74) is 4.19. The highest BCUT2D eigenvalue weighted by Crippen LogP contribution is 2.25. The predicted molar refractivity (Wildman–Crippen MR) is 106 cm³/mol. The Morgan fingerprint density at radius 2 is 1.89 bits per heavy atom. The van der Waals surface area contributed by atoms with E-state index in [0.717, 1.165) is 44.2 Å². The molecule has 0 unspecified atom stereocenters. The second-order valence-corrected chi connectivity index (χ2v) is 7.82. The lowest BCUT2D eigenvalue weighted by Gasteiger charge is -2.28. The van der Waals surface area contributed by atoms with Crippen molar-refractivity contribution >= 4 is 0 Å². The minimum absolute atomic E-state index is 0.300. The minimum atomic E-state index is -0.902.